The summed E-state index contributed by atoms with van der Waals surface area (Å²) in [6, 6.07) is 9.67. The highest BCUT2D eigenvalue weighted by Gasteiger charge is 2.31. The second-order valence-electron chi connectivity index (χ2n) is 8.47. The molecule has 2 amide bonds. The first-order chi connectivity index (χ1) is 15.6. The first-order valence-electron chi connectivity index (χ1n) is 11.6. The summed E-state index contributed by atoms with van der Waals surface area (Å²) < 4.78 is 7.11. The average Bonchev–Trinajstić information content (AvgIpc) is 3.45. The molecule has 0 bridgehead atoms. The van der Waals surface area contributed by atoms with Gasteiger partial charge in [-0.2, -0.15) is 5.10 Å². The van der Waals surface area contributed by atoms with Crippen LogP contribution in [0.25, 0.3) is 0 Å². The molecule has 0 spiro atoms. The summed E-state index contributed by atoms with van der Waals surface area (Å²) in [6.45, 7) is 6.98. The van der Waals surface area contributed by atoms with Gasteiger partial charge in [0.25, 0.3) is 11.8 Å². The molecule has 2 aromatic rings. The van der Waals surface area contributed by atoms with Gasteiger partial charge in [-0.3, -0.25) is 19.2 Å². The molecule has 0 aliphatic carbocycles. The number of carbonyl (C=O) groups excluding carboxylic acids is 2. The molecule has 3 heterocycles. The number of rotatable bonds is 8. The molecule has 1 saturated heterocycles. The van der Waals surface area contributed by atoms with E-state index in [-0.39, 0.29) is 11.8 Å². The van der Waals surface area contributed by atoms with Gasteiger partial charge in [0.1, 0.15) is 0 Å². The van der Waals surface area contributed by atoms with Crippen molar-refractivity contribution in [2.45, 2.75) is 45.3 Å². The van der Waals surface area contributed by atoms with Gasteiger partial charge in [0.05, 0.1) is 19.7 Å². The molecule has 8 nitrogen and oxygen atoms in total. The van der Waals surface area contributed by atoms with Crippen LogP contribution < -0.4 is 5.32 Å². The summed E-state index contributed by atoms with van der Waals surface area (Å²) in [5, 5.41) is 7.76. The Labute approximate surface area is 189 Å². The van der Waals surface area contributed by atoms with Crippen molar-refractivity contribution in [2.24, 2.45) is 0 Å². The van der Waals surface area contributed by atoms with E-state index in [0.717, 1.165) is 30.8 Å². The molecule has 1 fully saturated rings. The Kier molecular flexibility index (Phi) is 7.22. The number of carbonyl (C=O) groups is 2. The van der Waals surface area contributed by atoms with Gasteiger partial charge in [0.15, 0.2) is 5.69 Å². The van der Waals surface area contributed by atoms with Crippen molar-refractivity contribution in [3.63, 3.8) is 0 Å². The van der Waals surface area contributed by atoms with Crippen LogP contribution in [0.3, 0.4) is 0 Å². The fourth-order valence-electron chi connectivity index (χ4n) is 4.81. The van der Waals surface area contributed by atoms with Crippen LogP contribution in [0.4, 0.5) is 0 Å². The smallest absolute Gasteiger partial charge is 0.272 e. The number of fused-ring (bicyclic) bond motifs is 1. The van der Waals surface area contributed by atoms with Crippen molar-refractivity contribution in [1.29, 1.82) is 0 Å². The maximum absolute atomic E-state index is 13.2. The molecule has 0 saturated carbocycles. The number of nitrogens with zero attached hydrogens (tertiary/aromatic N) is 4. The monoisotopic (exact) mass is 439 g/mol. The lowest BCUT2D eigenvalue weighted by Gasteiger charge is -2.28. The van der Waals surface area contributed by atoms with Crippen molar-refractivity contribution in [2.75, 3.05) is 39.9 Å². The lowest BCUT2D eigenvalue weighted by Crippen LogP contribution is -2.41. The molecule has 8 heteroatoms. The number of ether oxygens (including phenoxy) is 1. The first-order valence-corrected chi connectivity index (χ1v) is 11.6. The van der Waals surface area contributed by atoms with Crippen LogP contribution in [0.15, 0.2) is 30.3 Å². The highest BCUT2D eigenvalue weighted by Crippen LogP contribution is 2.24. The van der Waals surface area contributed by atoms with Crippen molar-refractivity contribution < 1.29 is 14.3 Å². The van der Waals surface area contributed by atoms with Gasteiger partial charge in [-0.25, -0.2) is 0 Å². The molecule has 1 unspecified atom stereocenters. The van der Waals surface area contributed by atoms with E-state index in [1.54, 1.807) is 7.11 Å². The predicted octanol–water partition coefficient (Wildman–Crippen LogP) is 1.94. The highest BCUT2D eigenvalue weighted by molar-refractivity contribution is 5.96. The second-order valence-corrected chi connectivity index (χ2v) is 8.47. The molecule has 1 aromatic carbocycles. The van der Waals surface area contributed by atoms with Gasteiger partial charge >= 0.3 is 0 Å². The minimum atomic E-state index is -0.158. The molecule has 4 rings (SSSR count). The van der Waals surface area contributed by atoms with Gasteiger partial charge < -0.3 is 15.0 Å². The number of likely N-dealkylation sites (tertiary alicyclic amines) is 1. The third-order valence-electron chi connectivity index (χ3n) is 6.57. The Balaban J connectivity index is 1.53. The van der Waals surface area contributed by atoms with Gasteiger partial charge in [-0.1, -0.05) is 25.1 Å². The van der Waals surface area contributed by atoms with E-state index in [4.69, 9.17) is 4.74 Å². The van der Waals surface area contributed by atoms with Gasteiger partial charge in [0, 0.05) is 49.5 Å². The number of aromatic nitrogens is 2. The van der Waals surface area contributed by atoms with E-state index < -0.39 is 0 Å². The third-order valence-corrected chi connectivity index (χ3v) is 6.57. The Morgan fingerprint density at radius 2 is 2.03 bits per heavy atom. The Morgan fingerprint density at radius 1 is 1.22 bits per heavy atom. The van der Waals surface area contributed by atoms with Crippen LogP contribution in [-0.2, 0) is 24.2 Å². The Bertz CT molecular complexity index is 943. The van der Waals surface area contributed by atoms with E-state index in [1.807, 2.05) is 39.9 Å². The number of hydrogen-bond donors (Lipinski definition) is 1. The minimum absolute atomic E-state index is 0.0169. The van der Waals surface area contributed by atoms with E-state index in [0.29, 0.717) is 56.5 Å². The highest BCUT2D eigenvalue weighted by atomic mass is 16.5. The zero-order chi connectivity index (χ0) is 22.5. The summed E-state index contributed by atoms with van der Waals surface area (Å²) >= 11 is 0. The van der Waals surface area contributed by atoms with Crippen LogP contribution in [-0.4, -0.2) is 77.3 Å². The van der Waals surface area contributed by atoms with Gasteiger partial charge in [0.2, 0.25) is 0 Å². The normalized spacial score (nSPS) is 18.6. The second kappa shape index (κ2) is 10.3. The van der Waals surface area contributed by atoms with Crippen LogP contribution in [0.1, 0.15) is 51.9 Å². The quantitative estimate of drug-likeness (QED) is 0.680. The van der Waals surface area contributed by atoms with E-state index in [9.17, 15) is 9.59 Å². The molecule has 172 valence electrons. The average molecular weight is 440 g/mol. The number of amides is 2. The number of benzene rings is 1. The lowest BCUT2D eigenvalue weighted by molar-refractivity contribution is 0.0729. The van der Waals surface area contributed by atoms with Crippen LogP contribution in [0.2, 0.25) is 0 Å². The van der Waals surface area contributed by atoms with E-state index in [2.05, 4.69) is 22.2 Å². The number of methoxy groups -OCH3 is 1. The van der Waals surface area contributed by atoms with Crippen molar-refractivity contribution >= 4 is 11.8 Å². The first kappa shape index (κ1) is 22.5. The summed E-state index contributed by atoms with van der Waals surface area (Å²) in [6.07, 6.45) is 2.95. The van der Waals surface area contributed by atoms with Gasteiger partial charge in [-0.05, 0) is 38.1 Å². The fourth-order valence-corrected chi connectivity index (χ4v) is 4.81. The minimum Gasteiger partial charge on any atom is -0.383 e. The van der Waals surface area contributed by atoms with Gasteiger partial charge in [-0.15, -0.1) is 0 Å². The SMILES string of the molecule is CCN1CCCC1CNC(=O)c1nn(CCOC)c2c1CN(C(=O)c1ccccc1)CC2. The van der Waals surface area contributed by atoms with Crippen molar-refractivity contribution in [3.8, 4) is 0 Å². The van der Waals surface area contributed by atoms with E-state index in [1.165, 1.54) is 6.42 Å². The standard InChI is InChI=1S/C24H33N5O3/c1-3-27-12-7-10-19(27)16-25-23(30)22-20-17-28(24(31)18-8-5-4-6-9-18)13-11-21(20)29(26-22)14-15-32-2/h4-6,8-9,19H,3,7,10-17H2,1-2H3,(H,25,30). The van der Waals surface area contributed by atoms with Crippen LogP contribution >= 0.6 is 0 Å². The molecule has 1 aromatic heterocycles. The predicted molar refractivity (Wildman–Crippen MR) is 122 cm³/mol. The molecular weight excluding hydrogens is 406 g/mol. The molecular formula is C24H33N5O3. The maximum atomic E-state index is 13.2. The summed E-state index contributed by atoms with van der Waals surface area (Å²) in [7, 11) is 1.66. The topological polar surface area (TPSA) is 79.7 Å². The lowest BCUT2D eigenvalue weighted by atomic mass is 10.0. The maximum Gasteiger partial charge on any atom is 0.272 e. The molecule has 2 aliphatic heterocycles. The summed E-state index contributed by atoms with van der Waals surface area (Å²) in [5.74, 6) is -0.175. The Hall–Kier alpha value is -2.71. The third kappa shape index (κ3) is 4.71. The van der Waals surface area contributed by atoms with Crippen LogP contribution in [0.5, 0.6) is 0 Å². The summed E-state index contributed by atoms with van der Waals surface area (Å²) in [4.78, 5) is 30.4. The summed E-state index contributed by atoms with van der Waals surface area (Å²) in [5.41, 5.74) is 2.98. The fraction of sp³-hybridized carbons (Fsp3) is 0.542. The molecule has 32 heavy (non-hydrogen) atoms. The molecule has 2 aliphatic rings. The van der Waals surface area contributed by atoms with Crippen molar-refractivity contribution in [1.82, 2.24) is 24.9 Å². The molecule has 0 radical (unpaired) electrons. The number of likely N-dealkylation sites (N-methyl/N-ethyl adjacent to an activating group) is 1. The largest absolute Gasteiger partial charge is 0.383 e. The van der Waals surface area contributed by atoms with Crippen LogP contribution in [0, 0.1) is 0 Å². The zero-order valence-corrected chi connectivity index (χ0v) is 19.0. The molecule has 1 atom stereocenters. The van der Waals surface area contributed by atoms with Crippen molar-refractivity contribution in [3.05, 3.63) is 52.8 Å². The Morgan fingerprint density at radius 3 is 2.78 bits per heavy atom. The number of hydrogen-bond acceptors (Lipinski definition) is 5. The zero-order valence-electron chi connectivity index (χ0n) is 19.0. The number of nitrogens with one attached hydrogen (secondary N) is 1. The molecule has 1 N–H and O–H groups in total. The van der Waals surface area contributed by atoms with E-state index >= 15 is 0 Å².